The molecule has 0 aliphatic heterocycles. The van der Waals surface area contributed by atoms with Crippen LogP contribution < -0.4 is 10.6 Å². The molecule has 2 N–H and O–H groups in total. The number of aromatic nitrogens is 3. The third-order valence-electron chi connectivity index (χ3n) is 3.52. The van der Waals surface area contributed by atoms with Crippen LogP contribution in [0.3, 0.4) is 0 Å². The number of nitrogens with two attached hydrogens (primary N) is 1. The standard InChI is InChI=1S/C14H19N5S2/c1-19(2)13-17-18-14(21-13)20-12-10(8-15)7-9-5-3-4-6-11(9)16-12/h7H,3-6,8,15H2,1-2H3. The summed E-state index contributed by atoms with van der Waals surface area (Å²) in [6.07, 6.45) is 4.69. The van der Waals surface area contributed by atoms with Gasteiger partial charge in [-0.2, -0.15) is 0 Å². The average Bonchev–Trinajstić information content (AvgIpc) is 2.95. The van der Waals surface area contributed by atoms with Gasteiger partial charge in [0.15, 0.2) is 4.34 Å². The Balaban J connectivity index is 1.89. The number of rotatable bonds is 4. The van der Waals surface area contributed by atoms with Gasteiger partial charge >= 0.3 is 0 Å². The fourth-order valence-corrected chi connectivity index (χ4v) is 4.21. The molecule has 1 aliphatic carbocycles. The maximum atomic E-state index is 5.90. The van der Waals surface area contributed by atoms with Crippen molar-refractivity contribution in [2.75, 3.05) is 19.0 Å². The van der Waals surface area contributed by atoms with Crippen molar-refractivity contribution in [1.29, 1.82) is 0 Å². The molecule has 112 valence electrons. The monoisotopic (exact) mass is 321 g/mol. The van der Waals surface area contributed by atoms with Gasteiger partial charge in [0.2, 0.25) is 5.13 Å². The van der Waals surface area contributed by atoms with Gasteiger partial charge in [0.25, 0.3) is 0 Å². The predicted molar refractivity (Wildman–Crippen MR) is 87.1 cm³/mol. The number of aryl methyl sites for hydroxylation is 2. The lowest BCUT2D eigenvalue weighted by molar-refractivity contribution is 0.656. The fraction of sp³-hybridized carbons (Fsp3) is 0.500. The van der Waals surface area contributed by atoms with Crippen molar-refractivity contribution in [1.82, 2.24) is 15.2 Å². The second kappa shape index (κ2) is 6.29. The summed E-state index contributed by atoms with van der Waals surface area (Å²) in [5.41, 5.74) is 9.62. The maximum absolute atomic E-state index is 5.90. The van der Waals surface area contributed by atoms with Crippen molar-refractivity contribution in [3.63, 3.8) is 0 Å². The van der Waals surface area contributed by atoms with Crippen LogP contribution in [0, 0.1) is 0 Å². The first-order valence-corrected chi connectivity index (χ1v) is 8.71. The highest BCUT2D eigenvalue weighted by molar-refractivity contribution is 8.01. The minimum Gasteiger partial charge on any atom is -0.353 e. The third kappa shape index (κ3) is 3.20. The molecule has 1 aliphatic rings. The molecule has 2 aromatic heterocycles. The van der Waals surface area contributed by atoms with E-state index in [2.05, 4.69) is 16.3 Å². The number of anilines is 1. The molecule has 3 rings (SSSR count). The van der Waals surface area contributed by atoms with E-state index in [1.807, 2.05) is 19.0 Å². The van der Waals surface area contributed by atoms with Gasteiger partial charge in [0, 0.05) is 26.3 Å². The van der Waals surface area contributed by atoms with Crippen LogP contribution >= 0.6 is 23.1 Å². The van der Waals surface area contributed by atoms with Gasteiger partial charge < -0.3 is 10.6 Å². The van der Waals surface area contributed by atoms with E-state index >= 15 is 0 Å². The van der Waals surface area contributed by atoms with Crippen molar-refractivity contribution < 1.29 is 0 Å². The van der Waals surface area contributed by atoms with Gasteiger partial charge in [-0.15, -0.1) is 10.2 Å². The van der Waals surface area contributed by atoms with Crippen LogP contribution in [0.2, 0.25) is 0 Å². The summed E-state index contributed by atoms with van der Waals surface area (Å²) in [6.45, 7) is 0.516. The highest BCUT2D eigenvalue weighted by Crippen LogP contribution is 2.35. The predicted octanol–water partition coefficient (Wildman–Crippen LogP) is 2.49. The first-order valence-electron chi connectivity index (χ1n) is 7.08. The van der Waals surface area contributed by atoms with Gasteiger partial charge in [0.05, 0.1) is 0 Å². The summed E-state index contributed by atoms with van der Waals surface area (Å²) in [4.78, 5) is 6.81. The minimum absolute atomic E-state index is 0.516. The zero-order chi connectivity index (χ0) is 14.8. The molecular formula is C14H19N5S2. The summed E-state index contributed by atoms with van der Waals surface area (Å²) in [5, 5.41) is 10.3. The lowest BCUT2D eigenvalue weighted by atomic mass is 9.95. The molecule has 5 nitrogen and oxygen atoms in total. The van der Waals surface area contributed by atoms with Crippen LogP contribution in [-0.4, -0.2) is 29.3 Å². The molecule has 0 saturated carbocycles. The van der Waals surface area contributed by atoms with Crippen molar-refractivity contribution >= 4 is 28.2 Å². The summed E-state index contributed by atoms with van der Waals surface area (Å²) in [5.74, 6) is 0. The van der Waals surface area contributed by atoms with E-state index in [4.69, 9.17) is 10.7 Å². The first-order chi connectivity index (χ1) is 10.2. The van der Waals surface area contributed by atoms with E-state index < -0.39 is 0 Å². The molecule has 21 heavy (non-hydrogen) atoms. The van der Waals surface area contributed by atoms with Crippen LogP contribution in [0.1, 0.15) is 29.7 Å². The lowest BCUT2D eigenvalue weighted by Crippen LogP contribution is -2.10. The Bertz CT molecular complexity index is 638. The van der Waals surface area contributed by atoms with Gasteiger partial charge in [-0.25, -0.2) is 4.98 Å². The van der Waals surface area contributed by atoms with Crippen molar-refractivity contribution in [2.24, 2.45) is 5.73 Å². The zero-order valence-corrected chi connectivity index (χ0v) is 13.9. The Morgan fingerprint density at radius 3 is 2.81 bits per heavy atom. The fourth-order valence-electron chi connectivity index (χ4n) is 2.40. The smallest absolute Gasteiger partial charge is 0.208 e. The Labute approximate surface area is 133 Å². The topological polar surface area (TPSA) is 67.9 Å². The summed E-state index contributed by atoms with van der Waals surface area (Å²) < 4.78 is 0.914. The average molecular weight is 321 g/mol. The van der Waals surface area contributed by atoms with E-state index in [0.29, 0.717) is 6.54 Å². The molecule has 0 amide bonds. The summed E-state index contributed by atoms with van der Waals surface area (Å²) in [7, 11) is 3.94. The van der Waals surface area contributed by atoms with Gasteiger partial charge in [0.1, 0.15) is 5.03 Å². The highest BCUT2D eigenvalue weighted by atomic mass is 32.2. The molecule has 0 bridgehead atoms. The Hall–Kier alpha value is -1.18. The maximum Gasteiger partial charge on any atom is 0.208 e. The van der Waals surface area contributed by atoms with E-state index in [1.165, 1.54) is 24.1 Å². The van der Waals surface area contributed by atoms with Crippen LogP contribution in [-0.2, 0) is 19.4 Å². The first kappa shape index (κ1) is 14.7. The molecule has 0 aromatic carbocycles. The van der Waals surface area contributed by atoms with Crippen LogP contribution in [0.5, 0.6) is 0 Å². The SMILES string of the molecule is CN(C)c1nnc(Sc2nc3c(cc2CN)CCCC3)s1. The van der Waals surface area contributed by atoms with Gasteiger partial charge in [-0.1, -0.05) is 17.4 Å². The van der Waals surface area contributed by atoms with Gasteiger partial charge in [-0.05, 0) is 48.6 Å². The molecule has 2 heterocycles. The molecule has 7 heteroatoms. The minimum atomic E-state index is 0.516. The van der Waals surface area contributed by atoms with Crippen LogP contribution in [0.25, 0.3) is 0 Å². The Kier molecular flexibility index (Phi) is 4.42. The molecule has 0 saturated heterocycles. The largest absolute Gasteiger partial charge is 0.353 e. The van der Waals surface area contributed by atoms with Gasteiger partial charge in [-0.3, -0.25) is 0 Å². The number of pyridine rings is 1. The summed E-state index contributed by atoms with van der Waals surface area (Å²) in [6, 6.07) is 2.23. The number of hydrogen-bond donors (Lipinski definition) is 1. The van der Waals surface area contributed by atoms with E-state index in [0.717, 1.165) is 32.9 Å². The Morgan fingerprint density at radius 1 is 1.29 bits per heavy atom. The van der Waals surface area contributed by atoms with E-state index in [-0.39, 0.29) is 0 Å². The zero-order valence-electron chi connectivity index (χ0n) is 12.3. The quantitative estimate of drug-likeness (QED) is 0.933. The third-order valence-corrected chi connectivity index (χ3v) is 5.71. The molecule has 0 radical (unpaired) electrons. The normalized spacial score (nSPS) is 14.0. The molecular weight excluding hydrogens is 302 g/mol. The second-order valence-corrected chi connectivity index (χ2v) is 7.51. The molecule has 2 aromatic rings. The van der Waals surface area contributed by atoms with Crippen LogP contribution in [0.4, 0.5) is 5.13 Å². The van der Waals surface area contributed by atoms with Crippen molar-refractivity contribution in [2.45, 2.75) is 41.6 Å². The lowest BCUT2D eigenvalue weighted by Gasteiger charge is -2.17. The van der Waals surface area contributed by atoms with Crippen molar-refractivity contribution in [3.05, 3.63) is 22.9 Å². The molecule has 0 unspecified atom stereocenters. The number of fused-ring (bicyclic) bond motifs is 1. The molecule has 0 spiro atoms. The number of hydrogen-bond acceptors (Lipinski definition) is 7. The Morgan fingerprint density at radius 2 is 2.10 bits per heavy atom. The second-order valence-electron chi connectivity index (χ2n) is 5.32. The van der Waals surface area contributed by atoms with E-state index in [9.17, 15) is 0 Å². The molecule has 0 atom stereocenters. The van der Waals surface area contributed by atoms with E-state index in [1.54, 1.807) is 23.1 Å². The number of nitrogens with zero attached hydrogens (tertiary/aromatic N) is 4. The van der Waals surface area contributed by atoms with Crippen molar-refractivity contribution in [3.8, 4) is 0 Å². The summed E-state index contributed by atoms with van der Waals surface area (Å²) >= 11 is 3.16. The molecule has 0 fully saturated rings. The van der Waals surface area contributed by atoms with Crippen LogP contribution in [0.15, 0.2) is 15.4 Å². The highest BCUT2D eigenvalue weighted by Gasteiger charge is 2.17.